The fraction of sp³-hybridized carbons (Fsp3) is 0. The van der Waals surface area contributed by atoms with Crippen molar-refractivity contribution >= 4 is 23.1 Å². The van der Waals surface area contributed by atoms with Crippen LogP contribution in [0.3, 0.4) is 0 Å². The first-order valence-corrected chi connectivity index (χ1v) is 5.74. The minimum Gasteiger partial charge on any atom is -0.436 e. The predicted molar refractivity (Wildman–Crippen MR) is 70.1 cm³/mol. The smallest absolute Gasteiger partial charge is 0.288 e. The van der Waals surface area contributed by atoms with Crippen LogP contribution in [-0.2, 0) is 0 Å². The predicted octanol–water partition coefficient (Wildman–Crippen LogP) is 3.00. The molecule has 0 fully saturated rings. The van der Waals surface area contributed by atoms with E-state index in [9.17, 15) is 18.9 Å². The van der Waals surface area contributed by atoms with Gasteiger partial charge in [0.2, 0.25) is 0 Å². The highest BCUT2D eigenvalue weighted by Crippen LogP contribution is 2.31. The number of nitrogen functional groups attached to an aromatic ring is 1. The number of nitrogens with two attached hydrogens (primary N) is 1. The lowest BCUT2D eigenvalue weighted by Crippen LogP contribution is -2.11. The molecule has 21 heavy (non-hydrogen) atoms. The summed E-state index contributed by atoms with van der Waals surface area (Å²) < 4.78 is 31.8. The van der Waals surface area contributed by atoms with Crippen LogP contribution < -0.4 is 16.0 Å². The lowest BCUT2D eigenvalue weighted by molar-refractivity contribution is -0.384. The van der Waals surface area contributed by atoms with Gasteiger partial charge in [0.1, 0.15) is 10.8 Å². The number of hydrogen-bond donors (Lipinski definition) is 2. The molecule has 0 saturated carbocycles. The van der Waals surface area contributed by atoms with E-state index in [1.54, 1.807) is 0 Å². The maximum atomic E-state index is 13.5. The molecule has 2 aromatic rings. The first-order chi connectivity index (χ1) is 9.92. The Bertz CT molecular complexity index is 714. The molecule has 0 spiro atoms. The van der Waals surface area contributed by atoms with Crippen molar-refractivity contribution in [2.75, 3.05) is 5.43 Å². The van der Waals surface area contributed by atoms with Crippen molar-refractivity contribution < 1.29 is 18.4 Å². The summed E-state index contributed by atoms with van der Waals surface area (Å²) in [6.07, 6.45) is 0. The van der Waals surface area contributed by atoms with Gasteiger partial charge in [0.15, 0.2) is 17.5 Å². The molecule has 0 amide bonds. The summed E-state index contributed by atoms with van der Waals surface area (Å²) in [7, 11) is 0. The normalized spacial score (nSPS) is 10.3. The Labute approximate surface area is 121 Å². The van der Waals surface area contributed by atoms with Gasteiger partial charge >= 0.3 is 0 Å². The van der Waals surface area contributed by atoms with E-state index < -0.39 is 28.3 Å². The van der Waals surface area contributed by atoms with E-state index in [4.69, 9.17) is 22.2 Å². The SMILES string of the molecule is NNc1nc(Oc2ccc([N+](=O)[O-])c(Cl)c2)c(F)cc1F. The van der Waals surface area contributed by atoms with Crippen LogP contribution in [0.5, 0.6) is 11.6 Å². The third-order valence-corrected chi connectivity index (χ3v) is 2.67. The molecule has 2 rings (SSSR count). The number of hydrazine groups is 1. The minimum atomic E-state index is -1.07. The first kappa shape index (κ1) is 14.9. The highest BCUT2D eigenvalue weighted by atomic mass is 35.5. The molecule has 1 aromatic heterocycles. The van der Waals surface area contributed by atoms with Crippen LogP contribution in [-0.4, -0.2) is 9.91 Å². The van der Waals surface area contributed by atoms with E-state index >= 15 is 0 Å². The van der Waals surface area contributed by atoms with Gasteiger partial charge in [-0.2, -0.15) is 4.98 Å². The zero-order valence-electron chi connectivity index (χ0n) is 10.1. The standard InChI is InChI=1S/C11H7ClF2N4O3/c12-6-3-5(1-2-9(6)18(19)20)21-11-8(14)4-7(13)10(16-11)17-15/h1-4H,15H2,(H,16,17). The van der Waals surface area contributed by atoms with Crippen molar-refractivity contribution in [3.8, 4) is 11.6 Å². The number of nitro groups is 1. The average molecular weight is 317 g/mol. The number of aromatic nitrogens is 1. The number of ether oxygens (including phenoxy) is 1. The molecule has 0 aliphatic rings. The maximum Gasteiger partial charge on any atom is 0.288 e. The molecular formula is C11H7ClF2N4O3. The number of rotatable bonds is 4. The van der Waals surface area contributed by atoms with Gasteiger partial charge in [-0.15, -0.1) is 0 Å². The number of hydrogen-bond acceptors (Lipinski definition) is 6. The van der Waals surface area contributed by atoms with E-state index in [-0.39, 0.29) is 16.5 Å². The Morgan fingerprint density at radius 2 is 2.05 bits per heavy atom. The van der Waals surface area contributed by atoms with Crippen LogP contribution in [0.2, 0.25) is 5.02 Å². The molecule has 10 heteroatoms. The molecule has 7 nitrogen and oxygen atoms in total. The molecular weight excluding hydrogens is 310 g/mol. The van der Waals surface area contributed by atoms with Gasteiger partial charge in [-0.3, -0.25) is 10.1 Å². The molecule has 0 bridgehead atoms. The van der Waals surface area contributed by atoms with Gasteiger partial charge in [0, 0.05) is 18.2 Å². The quantitative estimate of drug-likeness (QED) is 0.510. The first-order valence-electron chi connectivity index (χ1n) is 5.37. The lowest BCUT2D eigenvalue weighted by Gasteiger charge is -2.08. The highest BCUT2D eigenvalue weighted by Gasteiger charge is 2.16. The molecule has 1 aromatic carbocycles. The number of nitrogens with one attached hydrogen (secondary N) is 1. The minimum absolute atomic E-state index is 0.00780. The van der Waals surface area contributed by atoms with Crippen LogP contribution in [0.25, 0.3) is 0 Å². The Kier molecular flexibility index (Phi) is 4.15. The zero-order valence-corrected chi connectivity index (χ0v) is 10.9. The number of anilines is 1. The van der Waals surface area contributed by atoms with Crippen LogP contribution in [0.4, 0.5) is 20.3 Å². The van der Waals surface area contributed by atoms with Crippen LogP contribution in [0, 0.1) is 21.7 Å². The summed E-state index contributed by atoms with van der Waals surface area (Å²) in [5.74, 6) is 1.96. The third kappa shape index (κ3) is 3.15. The summed E-state index contributed by atoms with van der Waals surface area (Å²) >= 11 is 5.69. The second kappa shape index (κ2) is 5.85. The monoisotopic (exact) mass is 316 g/mol. The molecule has 0 unspecified atom stereocenters. The van der Waals surface area contributed by atoms with Gasteiger partial charge in [-0.05, 0) is 6.07 Å². The van der Waals surface area contributed by atoms with Crippen LogP contribution in [0.15, 0.2) is 24.3 Å². The molecule has 0 radical (unpaired) electrons. The molecule has 3 N–H and O–H groups in total. The van der Waals surface area contributed by atoms with Gasteiger partial charge in [0.05, 0.1) is 4.92 Å². The maximum absolute atomic E-state index is 13.5. The molecule has 0 aliphatic heterocycles. The Balaban J connectivity index is 2.34. The molecule has 0 saturated heterocycles. The van der Waals surface area contributed by atoms with Gasteiger partial charge in [-0.1, -0.05) is 11.6 Å². The van der Waals surface area contributed by atoms with Crippen LogP contribution >= 0.6 is 11.6 Å². The molecule has 1 heterocycles. The second-order valence-corrected chi connectivity index (χ2v) is 4.13. The van der Waals surface area contributed by atoms with Crippen molar-refractivity contribution in [3.05, 3.63) is 51.0 Å². The number of halogens is 3. The summed E-state index contributed by atoms with van der Waals surface area (Å²) in [4.78, 5) is 13.4. The van der Waals surface area contributed by atoms with Gasteiger partial charge in [0.25, 0.3) is 11.6 Å². The van der Waals surface area contributed by atoms with E-state index in [2.05, 4.69) is 4.98 Å². The Morgan fingerprint density at radius 1 is 1.33 bits per heavy atom. The van der Waals surface area contributed by atoms with E-state index in [0.717, 1.165) is 12.1 Å². The van der Waals surface area contributed by atoms with E-state index in [0.29, 0.717) is 6.07 Å². The average Bonchev–Trinajstić information content (AvgIpc) is 2.41. The van der Waals surface area contributed by atoms with Crippen molar-refractivity contribution in [1.29, 1.82) is 0 Å². The molecule has 0 atom stereocenters. The molecule has 0 aliphatic carbocycles. The van der Waals surface area contributed by atoms with E-state index in [1.807, 2.05) is 5.43 Å². The largest absolute Gasteiger partial charge is 0.436 e. The van der Waals surface area contributed by atoms with Gasteiger partial charge < -0.3 is 10.2 Å². The fourth-order valence-corrected chi connectivity index (χ4v) is 1.67. The Hall–Kier alpha value is -2.52. The lowest BCUT2D eigenvalue weighted by atomic mass is 10.3. The number of nitro benzene ring substituents is 1. The summed E-state index contributed by atoms with van der Waals surface area (Å²) in [6.45, 7) is 0. The van der Waals surface area contributed by atoms with E-state index in [1.165, 1.54) is 6.07 Å². The fourth-order valence-electron chi connectivity index (χ4n) is 1.43. The van der Waals surface area contributed by atoms with Crippen molar-refractivity contribution in [3.63, 3.8) is 0 Å². The highest BCUT2D eigenvalue weighted by molar-refractivity contribution is 6.32. The number of nitrogens with zero attached hydrogens (tertiary/aromatic N) is 2. The van der Waals surface area contributed by atoms with Gasteiger partial charge in [-0.25, -0.2) is 14.6 Å². The second-order valence-electron chi connectivity index (χ2n) is 3.72. The molecule has 110 valence electrons. The Morgan fingerprint density at radius 3 is 2.62 bits per heavy atom. The summed E-state index contributed by atoms with van der Waals surface area (Å²) in [5, 5.41) is 10.4. The van der Waals surface area contributed by atoms with Crippen LogP contribution in [0.1, 0.15) is 0 Å². The summed E-state index contributed by atoms with van der Waals surface area (Å²) in [6, 6.07) is 3.93. The third-order valence-electron chi connectivity index (χ3n) is 2.36. The van der Waals surface area contributed by atoms with Crippen molar-refractivity contribution in [2.45, 2.75) is 0 Å². The van der Waals surface area contributed by atoms with Crippen molar-refractivity contribution in [2.24, 2.45) is 5.84 Å². The topological polar surface area (TPSA) is 103 Å². The number of benzene rings is 1. The zero-order chi connectivity index (χ0) is 15.6. The number of pyridine rings is 1. The summed E-state index contributed by atoms with van der Waals surface area (Å²) in [5.41, 5.74) is 1.60. The van der Waals surface area contributed by atoms with Crippen molar-refractivity contribution in [1.82, 2.24) is 4.98 Å².